The van der Waals surface area contributed by atoms with E-state index in [1.165, 1.54) is 0 Å². The smallest absolute Gasteiger partial charge is 0.351 e. The topological polar surface area (TPSA) is 3.24 Å². The van der Waals surface area contributed by atoms with E-state index in [1.54, 1.807) is 26.7 Å². The highest BCUT2D eigenvalue weighted by Crippen LogP contribution is 2.29. The van der Waals surface area contributed by atoms with E-state index < -0.39 is 42.4 Å². The molecule has 0 amide bonds. The molecule has 0 saturated heterocycles. The molecule has 0 aromatic heterocycles. The number of hydrogen-bond acceptors (Lipinski definition) is 1. The first kappa shape index (κ1) is 19.0. The van der Waals surface area contributed by atoms with Gasteiger partial charge >= 0.3 is 12.4 Å². The first-order valence-electron chi connectivity index (χ1n) is 6.11. The summed E-state index contributed by atoms with van der Waals surface area (Å²) in [6, 6.07) is 0.0960. The molecular weight excluding hydrogens is 304 g/mol. The lowest BCUT2D eigenvalue weighted by atomic mass is 10.5. The van der Waals surface area contributed by atoms with Gasteiger partial charge in [0.1, 0.15) is 17.2 Å². The summed E-state index contributed by atoms with van der Waals surface area (Å²) < 4.78 is 75.0. The number of hydrogen-bond donors (Lipinski definition) is 0. The Kier molecular flexibility index (Phi) is 6.61. The van der Waals surface area contributed by atoms with E-state index in [9.17, 15) is 26.3 Å². The monoisotopic (exact) mass is 325 g/mol. The second kappa shape index (κ2) is 6.62. The third kappa shape index (κ3) is 8.69. The second-order valence-corrected chi connectivity index (χ2v) is 13.9. The fraction of sp³-hybridized carbons (Fsp3) is 1.00. The van der Waals surface area contributed by atoms with Crippen LogP contribution >= 0.6 is 0 Å². The van der Waals surface area contributed by atoms with Crippen LogP contribution in [-0.4, -0.2) is 40.8 Å². The van der Waals surface area contributed by atoms with Gasteiger partial charge in [-0.3, -0.25) is 0 Å². The molecular formula is C10H21F6NSi2. The summed E-state index contributed by atoms with van der Waals surface area (Å²) in [5.41, 5.74) is 0. The Morgan fingerprint density at radius 3 is 1.74 bits per heavy atom. The van der Waals surface area contributed by atoms with E-state index in [-0.39, 0.29) is 12.1 Å². The molecule has 0 saturated carbocycles. The van der Waals surface area contributed by atoms with E-state index in [0.29, 0.717) is 0 Å². The van der Waals surface area contributed by atoms with Gasteiger partial charge < -0.3 is 4.23 Å². The zero-order valence-corrected chi connectivity index (χ0v) is 13.8. The molecule has 0 fully saturated rings. The molecule has 0 aliphatic heterocycles. The summed E-state index contributed by atoms with van der Waals surface area (Å²) in [6.07, 6.45) is -10.1. The van der Waals surface area contributed by atoms with E-state index in [1.807, 2.05) is 4.23 Å². The molecule has 0 aromatic carbocycles. The van der Waals surface area contributed by atoms with Crippen molar-refractivity contribution in [2.75, 3.05) is 7.05 Å². The lowest BCUT2D eigenvalue weighted by Gasteiger charge is -2.38. The van der Waals surface area contributed by atoms with Gasteiger partial charge in [-0.1, -0.05) is 19.6 Å². The van der Waals surface area contributed by atoms with Crippen molar-refractivity contribution < 1.29 is 26.3 Å². The van der Waals surface area contributed by atoms with E-state index in [2.05, 4.69) is 0 Å². The average molecular weight is 325 g/mol. The highest BCUT2D eigenvalue weighted by atomic mass is 28.4. The predicted octanol–water partition coefficient (Wildman–Crippen LogP) is 4.38. The van der Waals surface area contributed by atoms with Crippen LogP contribution in [0.5, 0.6) is 0 Å². The maximum absolute atomic E-state index is 12.2. The normalized spacial score (nSPS) is 15.9. The Hall–Kier alpha value is -0.0262. The van der Waals surface area contributed by atoms with Gasteiger partial charge in [-0.05, 0) is 19.1 Å². The fourth-order valence-corrected chi connectivity index (χ4v) is 9.71. The molecule has 1 unspecified atom stereocenters. The molecule has 0 radical (unpaired) electrons. The molecule has 0 spiro atoms. The average Bonchev–Trinajstić information content (AvgIpc) is 2.20. The summed E-state index contributed by atoms with van der Waals surface area (Å²) in [5.74, 6) is 0. The van der Waals surface area contributed by atoms with Gasteiger partial charge in [-0.2, -0.15) is 26.3 Å². The molecule has 1 nitrogen and oxygen atoms in total. The van der Waals surface area contributed by atoms with Crippen molar-refractivity contribution in [3.05, 3.63) is 0 Å². The zero-order chi connectivity index (χ0) is 15.5. The first-order valence-corrected chi connectivity index (χ1v) is 11.8. The molecule has 19 heavy (non-hydrogen) atoms. The van der Waals surface area contributed by atoms with Gasteiger partial charge in [0.2, 0.25) is 0 Å². The summed E-state index contributed by atoms with van der Waals surface area (Å²) >= 11 is 0. The Balaban J connectivity index is 4.39. The van der Waals surface area contributed by atoms with Crippen LogP contribution in [0.2, 0.25) is 31.7 Å². The molecule has 0 aliphatic carbocycles. The molecule has 0 rings (SSSR count). The van der Waals surface area contributed by atoms with Gasteiger partial charge in [-0.15, -0.1) is 0 Å². The van der Waals surface area contributed by atoms with Crippen molar-refractivity contribution in [2.24, 2.45) is 0 Å². The molecule has 9 heteroatoms. The van der Waals surface area contributed by atoms with Crippen molar-refractivity contribution in [2.45, 2.75) is 56.9 Å². The van der Waals surface area contributed by atoms with E-state index in [0.717, 1.165) is 0 Å². The van der Waals surface area contributed by atoms with Crippen LogP contribution in [0.3, 0.4) is 0 Å². The minimum atomic E-state index is -4.19. The molecule has 0 bridgehead atoms. The zero-order valence-electron chi connectivity index (χ0n) is 11.6. The van der Waals surface area contributed by atoms with Crippen molar-refractivity contribution in [1.82, 2.24) is 4.23 Å². The molecule has 0 N–H and O–H groups in total. The van der Waals surface area contributed by atoms with Crippen LogP contribution in [0.15, 0.2) is 0 Å². The number of alkyl halides is 6. The number of halogens is 6. The Labute approximate surface area is 112 Å². The predicted molar refractivity (Wildman–Crippen MR) is 69.2 cm³/mol. The number of rotatable bonds is 6. The van der Waals surface area contributed by atoms with Crippen LogP contribution in [0.4, 0.5) is 26.3 Å². The van der Waals surface area contributed by atoms with Crippen molar-refractivity contribution in [1.29, 1.82) is 0 Å². The fourth-order valence-electron chi connectivity index (χ4n) is 1.79. The molecule has 1 atom stereocenters. The van der Waals surface area contributed by atoms with E-state index >= 15 is 0 Å². The highest BCUT2D eigenvalue weighted by molar-refractivity contribution is 6.83. The second-order valence-electron chi connectivity index (χ2n) is 5.54. The Bertz CT molecular complexity index is 276. The lowest BCUT2D eigenvalue weighted by molar-refractivity contribution is -0.131. The Morgan fingerprint density at radius 1 is 0.947 bits per heavy atom. The lowest BCUT2D eigenvalue weighted by Crippen LogP contribution is -2.53. The van der Waals surface area contributed by atoms with Crippen molar-refractivity contribution in [3.63, 3.8) is 0 Å². The minimum absolute atomic E-state index is 0.0381. The van der Waals surface area contributed by atoms with Crippen LogP contribution in [0.1, 0.15) is 12.8 Å². The summed E-state index contributed by atoms with van der Waals surface area (Å²) in [7, 11) is -2.38. The summed E-state index contributed by atoms with van der Waals surface area (Å²) in [5, 5.41) is 0. The van der Waals surface area contributed by atoms with Crippen LogP contribution in [0.25, 0.3) is 0 Å². The van der Waals surface area contributed by atoms with Crippen molar-refractivity contribution >= 4 is 17.2 Å². The minimum Gasteiger partial charge on any atom is -0.351 e. The van der Waals surface area contributed by atoms with Crippen LogP contribution < -0.4 is 0 Å². The summed E-state index contributed by atoms with van der Waals surface area (Å²) in [4.78, 5) is 0. The third-order valence-electron chi connectivity index (χ3n) is 3.48. The van der Waals surface area contributed by atoms with Gasteiger partial charge in [0.25, 0.3) is 0 Å². The third-order valence-corrected chi connectivity index (χ3v) is 12.7. The molecule has 116 valence electrons. The molecule has 0 aromatic rings. The van der Waals surface area contributed by atoms with Gasteiger partial charge in [0.05, 0.1) is 0 Å². The maximum atomic E-state index is 12.2. The van der Waals surface area contributed by atoms with Gasteiger partial charge in [0.15, 0.2) is 0 Å². The Morgan fingerprint density at radius 2 is 1.37 bits per heavy atom. The maximum Gasteiger partial charge on any atom is 0.388 e. The number of nitrogens with zero attached hydrogens (tertiary/aromatic N) is 1. The van der Waals surface area contributed by atoms with Crippen molar-refractivity contribution in [3.8, 4) is 0 Å². The van der Waals surface area contributed by atoms with Crippen LogP contribution in [-0.2, 0) is 0 Å². The van der Waals surface area contributed by atoms with Gasteiger partial charge in [0, 0.05) is 12.8 Å². The SMILES string of the molecule is CN([SiH](C)CCC(F)(F)F)[Si](C)(C)CCC(F)(F)F. The first-order chi connectivity index (χ1) is 8.25. The highest BCUT2D eigenvalue weighted by Gasteiger charge is 2.37. The van der Waals surface area contributed by atoms with Crippen LogP contribution in [0, 0.1) is 0 Å². The molecule has 0 aliphatic rings. The molecule has 0 heterocycles. The standard InChI is InChI=1S/C10H21F6NSi2/c1-17(18(2)7-5-9(11,12)13)19(3,4)8-6-10(14,15)16/h18H,5-8H2,1-4H3. The summed E-state index contributed by atoms with van der Waals surface area (Å²) in [6.45, 7) is 5.35. The van der Waals surface area contributed by atoms with Gasteiger partial charge in [-0.25, -0.2) is 0 Å². The van der Waals surface area contributed by atoms with E-state index in [4.69, 9.17) is 0 Å². The quantitative estimate of drug-likeness (QED) is 0.517. The largest absolute Gasteiger partial charge is 0.388 e.